The van der Waals surface area contributed by atoms with Crippen LogP contribution in [0.5, 0.6) is 0 Å². The van der Waals surface area contributed by atoms with Crippen LogP contribution >= 0.6 is 0 Å². The average molecular weight is 467 g/mol. The minimum atomic E-state index is -0.780. The van der Waals surface area contributed by atoms with Gasteiger partial charge in [-0.3, -0.25) is 9.69 Å². The number of hydrogen-bond acceptors (Lipinski definition) is 10. The maximum absolute atomic E-state index is 13.5. The van der Waals surface area contributed by atoms with Gasteiger partial charge < -0.3 is 14.7 Å². The molecule has 2 aromatic rings. The topological polar surface area (TPSA) is 139 Å². The Hall–Kier alpha value is -3.25. The third-order valence-electron chi connectivity index (χ3n) is 7.92. The molecule has 1 spiro atoms. The van der Waals surface area contributed by atoms with E-state index in [1.807, 2.05) is 0 Å². The molecule has 4 aliphatic rings. The summed E-state index contributed by atoms with van der Waals surface area (Å²) in [5.41, 5.74) is 1.37. The third kappa shape index (κ3) is 3.31. The number of carbonyl (C=O) groups is 2. The molecule has 0 aromatic carbocycles. The Morgan fingerprint density at radius 3 is 2.62 bits per heavy atom. The predicted octanol–water partition coefficient (Wildman–Crippen LogP) is 0.162. The van der Waals surface area contributed by atoms with Crippen molar-refractivity contribution >= 4 is 11.9 Å². The molecule has 3 fully saturated rings. The number of nitrogens with zero attached hydrogens (tertiary/aromatic N) is 8. The molecule has 0 saturated carbocycles. The zero-order chi connectivity index (χ0) is 23.4. The number of hydrogen-bond donors (Lipinski definition) is 1. The lowest BCUT2D eigenvalue weighted by Crippen LogP contribution is -2.51. The monoisotopic (exact) mass is 466 g/mol. The first-order valence-electron chi connectivity index (χ1n) is 11.6. The molecule has 12 heteroatoms. The second-order valence-corrected chi connectivity index (χ2v) is 9.71. The number of aromatic nitrogens is 6. The van der Waals surface area contributed by atoms with E-state index in [0.717, 1.165) is 37.8 Å². The molecular weight excluding hydrogens is 440 g/mol. The number of ether oxygens (including phenoxy) is 1. The van der Waals surface area contributed by atoms with Gasteiger partial charge in [0, 0.05) is 25.2 Å². The lowest BCUT2D eigenvalue weighted by atomic mass is 9.73. The Morgan fingerprint density at radius 2 is 2.00 bits per heavy atom. The van der Waals surface area contributed by atoms with E-state index in [4.69, 9.17) is 4.74 Å². The summed E-state index contributed by atoms with van der Waals surface area (Å²) in [7, 11) is 0. The Bertz CT molecular complexity index is 1130. The highest BCUT2D eigenvalue weighted by molar-refractivity contribution is 5.94. The number of piperidine rings is 1. The maximum Gasteiger partial charge on any atom is 0.336 e. The van der Waals surface area contributed by atoms with Crippen molar-refractivity contribution in [2.45, 2.75) is 57.2 Å². The van der Waals surface area contributed by atoms with E-state index in [0.29, 0.717) is 30.2 Å². The number of amides is 1. The summed E-state index contributed by atoms with van der Waals surface area (Å²) in [5, 5.41) is 30.1. The molecule has 2 aromatic heterocycles. The summed E-state index contributed by atoms with van der Waals surface area (Å²) in [5.74, 6) is 0.271. The van der Waals surface area contributed by atoms with Crippen LogP contribution < -0.4 is 0 Å². The van der Waals surface area contributed by atoms with Gasteiger partial charge in [0.15, 0.2) is 5.82 Å². The van der Waals surface area contributed by atoms with E-state index in [-0.39, 0.29) is 36.0 Å². The van der Waals surface area contributed by atoms with Gasteiger partial charge in [-0.2, -0.15) is 9.78 Å². The van der Waals surface area contributed by atoms with Gasteiger partial charge in [0.1, 0.15) is 19.0 Å². The van der Waals surface area contributed by atoms with Gasteiger partial charge in [-0.05, 0) is 61.6 Å². The molecule has 4 aliphatic heterocycles. The van der Waals surface area contributed by atoms with Crippen LogP contribution in [0.4, 0.5) is 0 Å². The van der Waals surface area contributed by atoms with Crippen LogP contribution in [0.3, 0.4) is 0 Å². The van der Waals surface area contributed by atoms with Crippen molar-refractivity contribution in [1.82, 2.24) is 40.2 Å². The second kappa shape index (κ2) is 7.91. The van der Waals surface area contributed by atoms with Crippen LogP contribution in [0.2, 0.25) is 0 Å². The number of aliphatic hydroxyl groups excluding tert-OH is 1. The summed E-state index contributed by atoms with van der Waals surface area (Å²) >= 11 is 0. The zero-order valence-electron chi connectivity index (χ0n) is 18.9. The van der Waals surface area contributed by atoms with E-state index in [9.17, 15) is 14.7 Å². The molecule has 0 aliphatic carbocycles. The van der Waals surface area contributed by atoms with Gasteiger partial charge in [-0.25, -0.2) is 4.79 Å². The van der Waals surface area contributed by atoms with Gasteiger partial charge in [0.25, 0.3) is 0 Å². The van der Waals surface area contributed by atoms with Crippen molar-refractivity contribution < 1.29 is 19.4 Å². The largest absolute Gasteiger partial charge is 0.456 e. The fourth-order valence-electron chi connectivity index (χ4n) is 6.14. The molecule has 12 nitrogen and oxygen atoms in total. The Labute approximate surface area is 195 Å². The molecule has 1 N–H and O–H groups in total. The van der Waals surface area contributed by atoms with Crippen LogP contribution in [-0.2, 0) is 14.3 Å². The first-order chi connectivity index (χ1) is 16.4. The van der Waals surface area contributed by atoms with Crippen molar-refractivity contribution in [3.8, 4) is 5.82 Å². The minimum absolute atomic E-state index is 0.126. The predicted molar refractivity (Wildman–Crippen MR) is 115 cm³/mol. The number of rotatable bonds is 5. The maximum atomic E-state index is 13.5. The smallest absolute Gasteiger partial charge is 0.336 e. The van der Waals surface area contributed by atoms with Crippen LogP contribution in [0.25, 0.3) is 5.82 Å². The number of tetrazole rings is 1. The van der Waals surface area contributed by atoms with E-state index in [1.54, 1.807) is 24.0 Å². The molecule has 34 heavy (non-hydrogen) atoms. The van der Waals surface area contributed by atoms with Crippen molar-refractivity contribution in [3.63, 3.8) is 0 Å². The van der Waals surface area contributed by atoms with Crippen LogP contribution in [-0.4, -0.2) is 89.0 Å². The van der Waals surface area contributed by atoms with Crippen molar-refractivity contribution in [2.24, 2.45) is 5.41 Å². The normalized spacial score (nSPS) is 30.0. The lowest BCUT2D eigenvalue weighted by Gasteiger charge is -2.44. The van der Waals surface area contributed by atoms with E-state index in [2.05, 4.69) is 30.6 Å². The first-order valence-corrected chi connectivity index (χ1v) is 11.6. The summed E-state index contributed by atoms with van der Waals surface area (Å²) in [6.07, 6.45) is 5.02. The van der Waals surface area contributed by atoms with Crippen molar-refractivity contribution in [3.05, 3.63) is 35.4 Å². The highest BCUT2D eigenvalue weighted by atomic mass is 16.5. The number of carbonyl (C=O) groups excluding carboxylic acids is 2. The average Bonchev–Trinajstić information content (AvgIpc) is 3.60. The Balaban J connectivity index is 1.14. The SMILES string of the molecule is CC1=C(N2CCC3(CC4CCC(C3)N4C[C@H](O)c3ccc(-n4cnnn4)nn3)C2=O)COC1=O. The lowest BCUT2D eigenvalue weighted by molar-refractivity contribution is -0.140. The quantitative estimate of drug-likeness (QED) is 0.606. The van der Waals surface area contributed by atoms with E-state index >= 15 is 0 Å². The highest BCUT2D eigenvalue weighted by Crippen LogP contribution is 2.52. The molecule has 1 amide bonds. The number of cyclic esters (lactones) is 1. The molecule has 178 valence electrons. The van der Waals surface area contributed by atoms with Crippen LogP contribution in [0.15, 0.2) is 29.7 Å². The van der Waals surface area contributed by atoms with Gasteiger partial charge >= 0.3 is 5.97 Å². The molecule has 2 bridgehead atoms. The van der Waals surface area contributed by atoms with Gasteiger partial charge in [-0.1, -0.05) is 0 Å². The van der Waals surface area contributed by atoms with Gasteiger partial charge in [0.2, 0.25) is 5.91 Å². The number of likely N-dealkylation sites (tertiary alicyclic amines) is 1. The fraction of sp³-hybridized carbons (Fsp3) is 0.591. The summed E-state index contributed by atoms with van der Waals surface area (Å²) in [6.45, 7) is 3.00. The fourth-order valence-corrected chi connectivity index (χ4v) is 6.14. The molecule has 2 unspecified atom stereocenters. The van der Waals surface area contributed by atoms with Crippen molar-refractivity contribution in [2.75, 3.05) is 19.7 Å². The van der Waals surface area contributed by atoms with Gasteiger partial charge in [0.05, 0.1) is 22.4 Å². The van der Waals surface area contributed by atoms with E-state index < -0.39 is 6.10 Å². The van der Waals surface area contributed by atoms with Gasteiger partial charge in [-0.15, -0.1) is 10.2 Å². The highest BCUT2D eigenvalue weighted by Gasteiger charge is 2.56. The Morgan fingerprint density at radius 1 is 1.21 bits per heavy atom. The number of fused-ring (bicyclic) bond motifs is 2. The molecule has 3 atom stereocenters. The molecular formula is C22H26N8O4. The van der Waals surface area contributed by atoms with Crippen LogP contribution in [0.1, 0.15) is 50.8 Å². The summed E-state index contributed by atoms with van der Waals surface area (Å²) in [4.78, 5) is 29.5. The summed E-state index contributed by atoms with van der Waals surface area (Å²) < 4.78 is 6.54. The van der Waals surface area contributed by atoms with Crippen molar-refractivity contribution in [1.29, 1.82) is 0 Å². The third-order valence-corrected chi connectivity index (χ3v) is 7.92. The molecule has 6 heterocycles. The Kier molecular flexibility index (Phi) is 4.96. The molecule has 6 rings (SSSR count). The summed E-state index contributed by atoms with van der Waals surface area (Å²) in [6, 6.07) is 3.94. The number of esters is 1. The standard InChI is InChI=1S/C22H26N8O4/c1-13-17(11-34-20(13)32)28-7-6-22(21(28)33)8-14-2-3-15(9-22)29(14)10-18(31)16-4-5-19(25-24-16)30-12-23-26-27-30/h4-5,12,14-15,18,31H,2-3,6-11H2,1H3/t14?,15?,18-,22?/m0/s1. The minimum Gasteiger partial charge on any atom is -0.456 e. The van der Waals surface area contributed by atoms with Crippen LogP contribution in [0, 0.1) is 5.41 Å². The molecule has 0 radical (unpaired) electrons. The zero-order valence-corrected chi connectivity index (χ0v) is 18.9. The second-order valence-electron chi connectivity index (χ2n) is 9.71. The first kappa shape index (κ1) is 21.3. The molecule has 3 saturated heterocycles. The van der Waals surface area contributed by atoms with E-state index in [1.165, 1.54) is 11.0 Å². The number of aliphatic hydroxyl groups is 1.